The van der Waals surface area contributed by atoms with Crippen molar-refractivity contribution in [3.8, 4) is 5.88 Å². The minimum absolute atomic E-state index is 0.167. The van der Waals surface area contributed by atoms with Crippen LogP contribution in [0.25, 0.3) is 0 Å². The molecule has 5 nitrogen and oxygen atoms in total. The Labute approximate surface area is 108 Å². The number of ether oxygens (including phenoxy) is 1. The average Bonchev–Trinajstić information content (AvgIpc) is 2.35. The summed E-state index contributed by atoms with van der Waals surface area (Å²) in [6.07, 6.45) is 2.06. The normalized spacial score (nSPS) is 12.0. The Balaban J connectivity index is 3.21. The van der Waals surface area contributed by atoms with Gasteiger partial charge >= 0.3 is 0 Å². The highest BCUT2D eigenvalue weighted by Crippen LogP contribution is 2.11. The summed E-state index contributed by atoms with van der Waals surface area (Å²) < 4.78 is 7.32. The summed E-state index contributed by atoms with van der Waals surface area (Å²) in [5, 5.41) is 12.0. The Morgan fingerprint density at radius 2 is 2.11 bits per heavy atom. The Morgan fingerprint density at radius 1 is 1.50 bits per heavy atom. The van der Waals surface area contributed by atoms with Crippen LogP contribution >= 0.6 is 0 Å². The van der Waals surface area contributed by atoms with Crippen LogP contribution in [0.15, 0.2) is 11.1 Å². The summed E-state index contributed by atoms with van der Waals surface area (Å²) in [6.45, 7) is 7.81. The average molecular weight is 250 g/mol. The number of aryl methyl sites for hydroxylation is 1. The molecule has 18 heavy (non-hydrogen) atoms. The smallest absolute Gasteiger partial charge is 0.232 e. The van der Waals surface area contributed by atoms with E-state index >= 15 is 0 Å². The van der Waals surface area contributed by atoms with Crippen LogP contribution in [0.4, 0.5) is 0 Å². The van der Waals surface area contributed by atoms with Gasteiger partial charge in [-0.1, -0.05) is 13.8 Å². The zero-order valence-corrected chi connectivity index (χ0v) is 11.8. The molecule has 0 aliphatic rings. The van der Waals surface area contributed by atoms with Crippen LogP contribution in [0.2, 0.25) is 0 Å². The molecule has 0 saturated heterocycles. The van der Waals surface area contributed by atoms with Gasteiger partial charge in [-0.05, 0) is 32.3 Å². The molecule has 5 heteroatoms. The molecular formula is C13H22N4O. The summed E-state index contributed by atoms with van der Waals surface area (Å²) in [7, 11) is 1.70. The summed E-state index contributed by atoms with van der Waals surface area (Å²) in [4.78, 5) is 4.16. The first kappa shape index (κ1) is 14.4. The minimum Gasteiger partial charge on any atom is -0.473 e. The summed E-state index contributed by atoms with van der Waals surface area (Å²) in [5.74, 6) is 0.883. The lowest BCUT2D eigenvalue weighted by molar-refractivity contribution is 0.181. The molecule has 100 valence electrons. The van der Waals surface area contributed by atoms with Crippen LogP contribution in [0.1, 0.15) is 39.2 Å². The molecule has 0 amide bonds. The Morgan fingerprint density at radius 3 is 2.56 bits per heavy atom. The first-order valence-corrected chi connectivity index (χ1v) is 6.29. The molecule has 0 aliphatic carbocycles. The van der Waals surface area contributed by atoms with E-state index in [0.29, 0.717) is 17.2 Å². The zero-order chi connectivity index (χ0) is 13.7. The SMILES string of the molecule is CCC(CC)Oc1cc(C)c(=NC)n(C(C)=N)n1. The lowest BCUT2D eigenvalue weighted by Gasteiger charge is -2.16. The third-order valence-corrected chi connectivity index (χ3v) is 2.82. The van der Waals surface area contributed by atoms with E-state index in [1.165, 1.54) is 4.68 Å². The third-order valence-electron chi connectivity index (χ3n) is 2.82. The molecule has 0 saturated carbocycles. The van der Waals surface area contributed by atoms with E-state index in [1.54, 1.807) is 14.0 Å². The molecule has 0 bridgehead atoms. The minimum atomic E-state index is 0.167. The van der Waals surface area contributed by atoms with Crippen molar-refractivity contribution < 1.29 is 4.74 Å². The highest BCUT2D eigenvalue weighted by atomic mass is 16.5. The zero-order valence-electron chi connectivity index (χ0n) is 11.8. The first-order valence-electron chi connectivity index (χ1n) is 6.29. The molecule has 1 N–H and O–H groups in total. The van der Waals surface area contributed by atoms with E-state index in [2.05, 4.69) is 23.9 Å². The standard InChI is InChI=1S/C13H22N4O/c1-6-11(7-2)18-12-8-9(3)13(15-5)17(16-12)10(4)14/h8,11,14H,6-7H2,1-5H3. The van der Waals surface area contributed by atoms with Gasteiger partial charge in [0.25, 0.3) is 0 Å². The van der Waals surface area contributed by atoms with Crippen LogP contribution in [-0.4, -0.2) is 28.8 Å². The molecule has 0 spiro atoms. The second-order valence-electron chi connectivity index (χ2n) is 4.27. The van der Waals surface area contributed by atoms with E-state index < -0.39 is 0 Å². The van der Waals surface area contributed by atoms with Gasteiger partial charge in [0.2, 0.25) is 5.88 Å². The molecule has 0 radical (unpaired) electrons. The van der Waals surface area contributed by atoms with Crippen molar-refractivity contribution in [2.24, 2.45) is 4.99 Å². The number of aromatic nitrogens is 2. The maximum Gasteiger partial charge on any atom is 0.232 e. The number of hydrogen-bond acceptors (Lipinski definition) is 4. The lowest BCUT2D eigenvalue weighted by atomic mass is 10.2. The quantitative estimate of drug-likeness (QED) is 0.657. The first-order chi connectivity index (χ1) is 8.53. The van der Waals surface area contributed by atoms with E-state index in [9.17, 15) is 0 Å². The molecule has 1 aromatic heterocycles. The van der Waals surface area contributed by atoms with Crippen molar-refractivity contribution in [2.45, 2.75) is 46.6 Å². The fourth-order valence-corrected chi connectivity index (χ4v) is 1.78. The van der Waals surface area contributed by atoms with Gasteiger partial charge in [-0.3, -0.25) is 10.4 Å². The number of hydrogen-bond donors (Lipinski definition) is 1. The molecular weight excluding hydrogens is 228 g/mol. The van der Waals surface area contributed by atoms with E-state index in [-0.39, 0.29) is 6.10 Å². The number of nitrogens with zero attached hydrogens (tertiary/aromatic N) is 3. The Bertz CT molecular complexity index is 486. The monoisotopic (exact) mass is 250 g/mol. The highest BCUT2D eigenvalue weighted by Gasteiger charge is 2.10. The van der Waals surface area contributed by atoms with Gasteiger partial charge in [0, 0.05) is 13.1 Å². The Hall–Kier alpha value is -1.65. The van der Waals surface area contributed by atoms with Crippen LogP contribution in [0, 0.1) is 12.3 Å². The molecule has 1 aromatic rings. The van der Waals surface area contributed by atoms with Crippen LogP contribution in [0.5, 0.6) is 5.88 Å². The predicted molar refractivity (Wildman–Crippen MR) is 72.2 cm³/mol. The van der Waals surface area contributed by atoms with E-state index in [0.717, 1.165) is 18.4 Å². The molecule has 0 atom stereocenters. The van der Waals surface area contributed by atoms with Gasteiger partial charge < -0.3 is 4.74 Å². The van der Waals surface area contributed by atoms with Gasteiger partial charge in [0.1, 0.15) is 5.84 Å². The Kier molecular flexibility index (Phi) is 5.07. The molecule has 1 rings (SSSR count). The third kappa shape index (κ3) is 3.18. The van der Waals surface area contributed by atoms with Crippen LogP contribution in [0.3, 0.4) is 0 Å². The van der Waals surface area contributed by atoms with Gasteiger partial charge in [0.05, 0.1) is 6.10 Å². The lowest BCUT2D eigenvalue weighted by Crippen LogP contribution is -2.31. The van der Waals surface area contributed by atoms with Crippen molar-refractivity contribution in [1.29, 1.82) is 5.41 Å². The van der Waals surface area contributed by atoms with Crippen molar-refractivity contribution >= 4 is 5.84 Å². The van der Waals surface area contributed by atoms with Gasteiger partial charge in [-0.2, -0.15) is 4.68 Å². The number of nitrogens with one attached hydrogen (secondary N) is 1. The maximum absolute atomic E-state index is 7.73. The van der Waals surface area contributed by atoms with E-state index in [4.69, 9.17) is 10.1 Å². The summed E-state index contributed by atoms with van der Waals surface area (Å²) in [5.41, 5.74) is 1.65. The fraction of sp³-hybridized carbons (Fsp3) is 0.615. The fourth-order valence-electron chi connectivity index (χ4n) is 1.78. The van der Waals surface area contributed by atoms with Crippen LogP contribution < -0.4 is 10.2 Å². The molecule has 0 aliphatic heterocycles. The topological polar surface area (TPSA) is 63.3 Å². The van der Waals surface area contributed by atoms with Gasteiger partial charge in [0.15, 0.2) is 5.49 Å². The van der Waals surface area contributed by atoms with Crippen molar-refractivity contribution in [3.63, 3.8) is 0 Å². The summed E-state index contributed by atoms with van der Waals surface area (Å²) in [6, 6.07) is 1.88. The van der Waals surface area contributed by atoms with Gasteiger partial charge in [-0.25, -0.2) is 0 Å². The molecule has 1 heterocycles. The second-order valence-corrected chi connectivity index (χ2v) is 4.27. The highest BCUT2D eigenvalue weighted by molar-refractivity contribution is 5.77. The van der Waals surface area contributed by atoms with Crippen LogP contribution in [-0.2, 0) is 0 Å². The predicted octanol–water partition coefficient (Wildman–Crippen LogP) is 2.13. The van der Waals surface area contributed by atoms with Crippen molar-refractivity contribution in [2.75, 3.05) is 7.05 Å². The van der Waals surface area contributed by atoms with Crippen molar-refractivity contribution in [1.82, 2.24) is 9.78 Å². The molecule has 0 fully saturated rings. The maximum atomic E-state index is 7.73. The van der Waals surface area contributed by atoms with Gasteiger partial charge in [-0.15, -0.1) is 5.10 Å². The summed E-state index contributed by atoms with van der Waals surface area (Å²) >= 11 is 0. The molecule has 0 aromatic carbocycles. The molecule has 0 unspecified atom stereocenters. The van der Waals surface area contributed by atoms with E-state index in [1.807, 2.05) is 13.0 Å². The number of rotatable bonds is 4. The largest absolute Gasteiger partial charge is 0.473 e. The van der Waals surface area contributed by atoms with Crippen molar-refractivity contribution in [3.05, 3.63) is 17.1 Å². The second kappa shape index (κ2) is 6.33.